The van der Waals surface area contributed by atoms with E-state index in [9.17, 15) is 4.79 Å². The summed E-state index contributed by atoms with van der Waals surface area (Å²) in [7, 11) is 0. The van der Waals surface area contributed by atoms with Crippen molar-refractivity contribution in [3.63, 3.8) is 0 Å². The zero-order valence-electron chi connectivity index (χ0n) is 6.62. The molecule has 1 aliphatic heterocycles. The van der Waals surface area contributed by atoms with E-state index < -0.39 is 0 Å². The van der Waals surface area contributed by atoms with Gasteiger partial charge in [-0.2, -0.15) is 0 Å². The Bertz CT molecular complexity index is 353. The Balaban J connectivity index is 2.58. The Kier molecular flexibility index (Phi) is 2.34. The van der Waals surface area contributed by atoms with Crippen molar-refractivity contribution in [1.82, 2.24) is 4.98 Å². The van der Waals surface area contributed by atoms with Crippen molar-refractivity contribution in [2.45, 2.75) is 0 Å². The van der Waals surface area contributed by atoms with Crippen LogP contribution in [0.2, 0.25) is 0 Å². The largest absolute Gasteiger partial charge is 0.485 e. The van der Waals surface area contributed by atoms with E-state index in [0.29, 0.717) is 30.3 Å². The molecule has 0 fully saturated rings. The van der Waals surface area contributed by atoms with E-state index in [-0.39, 0.29) is 0 Å². The van der Waals surface area contributed by atoms with Crippen LogP contribution in [0.4, 0.5) is 0 Å². The molecule has 0 saturated carbocycles. The van der Waals surface area contributed by atoms with Gasteiger partial charge in [-0.3, -0.25) is 4.79 Å². The average Bonchev–Trinajstić information content (AvgIpc) is 2.19. The summed E-state index contributed by atoms with van der Waals surface area (Å²) in [6.45, 7) is 0.987. The molecule has 0 amide bonds. The summed E-state index contributed by atoms with van der Waals surface area (Å²) in [6.07, 6.45) is 2.21. The third-order valence-electron chi connectivity index (χ3n) is 1.68. The van der Waals surface area contributed by atoms with E-state index in [1.165, 1.54) is 6.20 Å². The second-order valence-corrected chi connectivity index (χ2v) is 3.50. The molecule has 0 N–H and O–H groups in total. The molecule has 13 heavy (non-hydrogen) atoms. The van der Waals surface area contributed by atoms with E-state index in [4.69, 9.17) is 9.47 Å². The molecule has 1 aromatic heterocycles. The highest BCUT2D eigenvalue weighted by atomic mass is 127. The highest BCUT2D eigenvalue weighted by Gasteiger charge is 2.19. The maximum absolute atomic E-state index is 10.6. The number of ether oxygens (including phenoxy) is 2. The summed E-state index contributed by atoms with van der Waals surface area (Å²) >= 11 is 2.04. The number of pyridine rings is 1. The maximum atomic E-state index is 10.6. The Morgan fingerprint density at radius 1 is 1.38 bits per heavy atom. The molecule has 68 valence electrons. The fourth-order valence-corrected chi connectivity index (χ4v) is 1.65. The van der Waals surface area contributed by atoms with Crippen LogP contribution in [0, 0.1) is 3.70 Å². The number of hydrogen-bond donors (Lipinski definition) is 0. The molecule has 2 heterocycles. The first-order valence-corrected chi connectivity index (χ1v) is 4.80. The molecule has 1 aliphatic rings. The van der Waals surface area contributed by atoms with Crippen LogP contribution in [0.1, 0.15) is 10.4 Å². The minimum Gasteiger partial charge on any atom is -0.485 e. The van der Waals surface area contributed by atoms with Crippen LogP contribution in [0.25, 0.3) is 0 Å². The average molecular weight is 291 g/mol. The molecule has 0 aliphatic carbocycles. The van der Waals surface area contributed by atoms with Crippen LogP contribution in [0.5, 0.6) is 11.5 Å². The molecule has 1 aromatic rings. The normalized spacial score (nSPS) is 13.9. The molecule has 5 heteroatoms. The lowest BCUT2D eigenvalue weighted by Gasteiger charge is -2.19. The fraction of sp³-hybridized carbons (Fsp3) is 0.250. The Labute approximate surface area is 88.4 Å². The lowest BCUT2D eigenvalue weighted by Crippen LogP contribution is -2.18. The zero-order chi connectivity index (χ0) is 9.26. The number of aromatic nitrogens is 1. The molecule has 4 nitrogen and oxygen atoms in total. The standard InChI is InChI=1S/C8H6INO3/c9-8-7-6(12-1-2-13-7)5(4-11)3-10-8/h3-4H,1-2H2. The first-order chi connectivity index (χ1) is 6.33. The van der Waals surface area contributed by atoms with Crippen molar-refractivity contribution in [3.8, 4) is 11.5 Å². The number of halogens is 1. The van der Waals surface area contributed by atoms with Crippen LogP contribution < -0.4 is 9.47 Å². The van der Waals surface area contributed by atoms with Gasteiger partial charge in [0.25, 0.3) is 0 Å². The van der Waals surface area contributed by atoms with Gasteiger partial charge in [0.05, 0.1) is 5.56 Å². The molecular weight excluding hydrogens is 285 g/mol. The second-order valence-electron chi connectivity index (χ2n) is 2.48. The lowest BCUT2D eigenvalue weighted by molar-refractivity contribution is 0.111. The Morgan fingerprint density at radius 2 is 2.08 bits per heavy atom. The van der Waals surface area contributed by atoms with Crippen molar-refractivity contribution in [3.05, 3.63) is 15.5 Å². The molecule has 0 atom stereocenters. The zero-order valence-corrected chi connectivity index (χ0v) is 8.78. The number of carbonyl (C=O) groups excluding carboxylic acids is 1. The number of aldehydes is 1. The van der Waals surface area contributed by atoms with Gasteiger partial charge in [-0.15, -0.1) is 0 Å². The Morgan fingerprint density at radius 3 is 2.77 bits per heavy atom. The van der Waals surface area contributed by atoms with Crippen molar-refractivity contribution >= 4 is 28.9 Å². The summed E-state index contributed by atoms with van der Waals surface area (Å²) in [4.78, 5) is 14.6. The topological polar surface area (TPSA) is 48.4 Å². The van der Waals surface area contributed by atoms with Crippen LogP contribution in [-0.4, -0.2) is 24.5 Å². The lowest BCUT2D eigenvalue weighted by atomic mass is 10.2. The van der Waals surface area contributed by atoms with Gasteiger partial charge in [-0.05, 0) is 22.6 Å². The van der Waals surface area contributed by atoms with Crippen molar-refractivity contribution in [1.29, 1.82) is 0 Å². The van der Waals surface area contributed by atoms with Crippen molar-refractivity contribution in [2.24, 2.45) is 0 Å². The minimum absolute atomic E-state index is 0.440. The van der Waals surface area contributed by atoms with Gasteiger partial charge in [-0.1, -0.05) is 0 Å². The van der Waals surface area contributed by atoms with E-state index in [1.807, 2.05) is 22.6 Å². The van der Waals surface area contributed by atoms with Crippen LogP contribution in [-0.2, 0) is 0 Å². The number of hydrogen-bond acceptors (Lipinski definition) is 4. The summed E-state index contributed by atoms with van der Waals surface area (Å²) in [6, 6.07) is 0. The SMILES string of the molecule is O=Cc1cnc(I)c2c1OCCO2. The van der Waals surface area contributed by atoms with Crippen LogP contribution >= 0.6 is 22.6 Å². The van der Waals surface area contributed by atoms with Gasteiger partial charge in [0.1, 0.15) is 16.9 Å². The summed E-state index contributed by atoms with van der Waals surface area (Å²) in [5.74, 6) is 1.09. The quantitative estimate of drug-likeness (QED) is 0.444. The molecule has 0 unspecified atom stereocenters. The van der Waals surface area contributed by atoms with E-state index in [1.54, 1.807) is 0 Å². The number of rotatable bonds is 1. The molecule has 0 bridgehead atoms. The van der Waals surface area contributed by atoms with Gasteiger partial charge in [-0.25, -0.2) is 4.98 Å². The predicted molar refractivity (Wildman–Crippen MR) is 53.3 cm³/mol. The number of nitrogens with zero attached hydrogens (tertiary/aromatic N) is 1. The molecule has 0 spiro atoms. The van der Waals surface area contributed by atoms with Gasteiger partial charge in [0, 0.05) is 6.20 Å². The third-order valence-corrected chi connectivity index (χ3v) is 2.44. The van der Waals surface area contributed by atoms with Crippen molar-refractivity contribution < 1.29 is 14.3 Å². The van der Waals surface area contributed by atoms with Gasteiger partial charge in [0.15, 0.2) is 17.8 Å². The molecule has 2 rings (SSSR count). The summed E-state index contributed by atoms with van der Waals surface area (Å²) < 4.78 is 11.4. The minimum atomic E-state index is 0.440. The van der Waals surface area contributed by atoms with E-state index in [0.717, 1.165) is 9.99 Å². The van der Waals surface area contributed by atoms with E-state index in [2.05, 4.69) is 4.98 Å². The summed E-state index contributed by atoms with van der Waals surface area (Å²) in [5, 5.41) is 0. The number of carbonyl (C=O) groups is 1. The van der Waals surface area contributed by atoms with Crippen LogP contribution in [0.15, 0.2) is 6.20 Å². The monoisotopic (exact) mass is 291 g/mol. The van der Waals surface area contributed by atoms with Gasteiger partial charge >= 0.3 is 0 Å². The Hall–Kier alpha value is -0.850. The van der Waals surface area contributed by atoms with Crippen LogP contribution in [0.3, 0.4) is 0 Å². The summed E-state index contributed by atoms with van der Waals surface area (Å²) in [5.41, 5.74) is 0.440. The van der Waals surface area contributed by atoms with Gasteiger partial charge < -0.3 is 9.47 Å². The highest BCUT2D eigenvalue weighted by molar-refractivity contribution is 14.1. The highest BCUT2D eigenvalue weighted by Crippen LogP contribution is 2.35. The third kappa shape index (κ3) is 1.48. The van der Waals surface area contributed by atoms with Gasteiger partial charge in [0.2, 0.25) is 0 Å². The predicted octanol–water partition coefficient (Wildman–Crippen LogP) is 1.27. The second kappa shape index (κ2) is 3.49. The number of fused-ring (bicyclic) bond motifs is 1. The first kappa shape index (κ1) is 8.74. The first-order valence-electron chi connectivity index (χ1n) is 3.72. The maximum Gasteiger partial charge on any atom is 0.194 e. The van der Waals surface area contributed by atoms with E-state index >= 15 is 0 Å². The molecular formula is C8H6INO3. The fourth-order valence-electron chi connectivity index (χ4n) is 1.11. The molecule has 0 aromatic carbocycles. The molecule has 0 radical (unpaired) electrons. The molecule has 0 saturated heterocycles. The smallest absolute Gasteiger partial charge is 0.194 e. The van der Waals surface area contributed by atoms with Crippen molar-refractivity contribution in [2.75, 3.05) is 13.2 Å².